The number of carbonyl (C=O) groups is 1. The van der Waals surface area contributed by atoms with Crippen LogP contribution in [0, 0.1) is 0 Å². The lowest BCUT2D eigenvalue weighted by molar-refractivity contribution is -0.0213. The summed E-state index contributed by atoms with van der Waals surface area (Å²) >= 11 is 0. The number of carbonyl (C=O) groups excluding carboxylic acids is 1. The summed E-state index contributed by atoms with van der Waals surface area (Å²) in [4.78, 5) is 14.1. The second kappa shape index (κ2) is 6.39. The minimum absolute atomic E-state index is 0.167. The summed E-state index contributed by atoms with van der Waals surface area (Å²) in [5.41, 5.74) is -0.356. The van der Waals surface area contributed by atoms with E-state index in [0.29, 0.717) is 25.5 Å². The number of morpholine rings is 1. The summed E-state index contributed by atoms with van der Waals surface area (Å²) in [5.74, 6) is -0.167. The number of rotatable bonds is 5. The van der Waals surface area contributed by atoms with E-state index in [9.17, 15) is 9.90 Å². The molecule has 0 aliphatic carbocycles. The molecule has 6 heteroatoms. The van der Waals surface area contributed by atoms with Crippen LogP contribution in [0.2, 0.25) is 0 Å². The SMILES string of the molecule is Cn1cccc1C(=O)NCC(C)(O)CN1CCOCC1. The van der Waals surface area contributed by atoms with Crippen LogP contribution < -0.4 is 5.32 Å². The van der Waals surface area contributed by atoms with Crippen LogP contribution in [-0.2, 0) is 11.8 Å². The van der Waals surface area contributed by atoms with Gasteiger partial charge in [0, 0.05) is 39.4 Å². The third kappa shape index (κ3) is 4.06. The standard InChI is InChI=1S/C14H23N3O3/c1-14(19,11-17-6-8-20-9-7-17)10-15-13(18)12-4-3-5-16(12)2/h3-5,19H,6-11H2,1-2H3,(H,15,18). The van der Waals surface area contributed by atoms with Crippen LogP contribution in [0.5, 0.6) is 0 Å². The quantitative estimate of drug-likeness (QED) is 0.787. The summed E-state index contributed by atoms with van der Waals surface area (Å²) < 4.78 is 7.03. The second-order valence-corrected chi connectivity index (χ2v) is 5.57. The van der Waals surface area contributed by atoms with Gasteiger partial charge in [-0.25, -0.2) is 0 Å². The molecule has 1 aliphatic heterocycles. The Bertz CT molecular complexity index is 450. The van der Waals surface area contributed by atoms with Crippen molar-refractivity contribution < 1.29 is 14.6 Å². The van der Waals surface area contributed by atoms with Crippen LogP contribution in [0.15, 0.2) is 18.3 Å². The number of aromatic nitrogens is 1. The zero-order valence-electron chi connectivity index (χ0n) is 12.1. The van der Waals surface area contributed by atoms with Crippen molar-refractivity contribution in [3.05, 3.63) is 24.0 Å². The van der Waals surface area contributed by atoms with Crippen molar-refractivity contribution in [3.63, 3.8) is 0 Å². The van der Waals surface area contributed by atoms with Crippen molar-refractivity contribution in [2.45, 2.75) is 12.5 Å². The maximum Gasteiger partial charge on any atom is 0.267 e. The average molecular weight is 281 g/mol. The molecule has 2 rings (SSSR count). The van der Waals surface area contributed by atoms with Crippen molar-refractivity contribution in [1.82, 2.24) is 14.8 Å². The molecule has 0 saturated carbocycles. The Balaban J connectivity index is 1.82. The van der Waals surface area contributed by atoms with Gasteiger partial charge in [0.2, 0.25) is 0 Å². The number of β-amino-alcohol motifs (C(OH)–C–C–N with tert-alkyl or cyclic N) is 1. The second-order valence-electron chi connectivity index (χ2n) is 5.57. The average Bonchev–Trinajstić information content (AvgIpc) is 2.83. The molecule has 0 bridgehead atoms. The largest absolute Gasteiger partial charge is 0.387 e. The molecule has 6 nitrogen and oxygen atoms in total. The maximum absolute atomic E-state index is 12.0. The lowest BCUT2D eigenvalue weighted by Gasteiger charge is -2.33. The number of hydrogen-bond acceptors (Lipinski definition) is 4. The first kappa shape index (κ1) is 15.0. The van der Waals surface area contributed by atoms with E-state index >= 15 is 0 Å². The molecule has 2 heterocycles. The minimum Gasteiger partial charge on any atom is -0.387 e. The molecule has 1 aromatic rings. The Labute approximate surface area is 119 Å². The smallest absolute Gasteiger partial charge is 0.267 e. The van der Waals surface area contributed by atoms with E-state index in [4.69, 9.17) is 4.74 Å². The molecule has 0 spiro atoms. The van der Waals surface area contributed by atoms with Crippen molar-refractivity contribution in [2.75, 3.05) is 39.4 Å². The maximum atomic E-state index is 12.0. The molecular weight excluding hydrogens is 258 g/mol. The number of aliphatic hydroxyl groups is 1. The normalized spacial score (nSPS) is 19.6. The summed E-state index contributed by atoms with van der Waals surface area (Å²) in [6.07, 6.45) is 1.82. The molecule has 1 aromatic heterocycles. The van der Waals surface area contributed by atoms with Crippen LogP contribution in [0.3, 0.4) is 0 Å². The molecule has 1 unspecified atom stereocenters. The van der Waals surface area contributed by atoms with Gasteiger partial charge in [-0.3, -0.25) is 9.69 Å². The molecule has 1 amide bonds. The van der Waals surface area contributed by atoms with E-state index in [2.05, 4.69) is 10.2 Å². The summed E-state index contributed by atoms with van der Waals surface area (Å²) in [7, 11) is 1.82. The van der Waals surface area contributed by atoms with E-state index in [1.54, 1.807) is 17.6 Å². The number of ether oxygens (including phenoxy) is 1. The van der Waals surface area contributed by atoms with Gasteiger partial charge >= 0.3 is 0 Å². The van der Waals surface area contributed by atoms with E-state index in [0.717, 1.165) is 13.1 Å². The Hall–Kier alpha value is -1.37. The Kier molecular flexibility index (Phi) is 4.80. The highest BCUT2D eigenvalue weighted by molar-refractivity contribution is 5.92. The lowest BCUT2D eigenvalue weighted by atomic mass is 10.1. The van der Waals surface area contributed by atoms with Crippen molar-refractivity contribution >= 4 is 5.91 Å². The van der Waals surface area contributed by atoms with Gasteiger partial charge in [0.05, 0.1) is 18.8 Å². The van der Waals surface area contributed by atoms with E-state index in [1.807, 2.05) is 19.3 Å². The fourth-order valence-corrected chi connectivity index (χ4v) is 2.36. The van der Waals surface area contributed by atoms with Crippen LogP contribution in [0.25, 0.3) is 0 Å². The molecule has 2 N–H and O–H groups in total. The fraction of sp³-hybridized carbons (Fsp3) is 0.643. The number of nitrogens with one attached hydrogen (secondary N) is 1. The summed E-state index contributed by atoms with van der Waals surface area (Å²) in [6.45, 7) is 5.55. The van der Waals surface area contributed by atoms with E-state index in [1.165, 1.54) is 0 Å². The lowest BCUT2D eigenvalue weighted by Crippen LogP contribution is -2.51. The molecule has 1 atom stereocenters. The first-order valence-electron chi connectivity index (χ1n) is 6.90. The Morgan fingerprint density at radius 2 is 2.20 bits per heavy atom. The Morgan fingerprint density at radius 3 is 2.80 bits per heavy atom. The molecule has 112 valence electrons. The molecule has 0 aromatic carbocycles. The van der Waals surface area contributed by atoms with Crippen LogP contribution >= 0.6 is 0 Å². The summed E-state index contributed by atoms with van der Waals surface area (Å²) in [6, 6.07) is 3.58. The van der Waals surface area contributed by atoms with Gasteiger partial charge in [0.15, 0.2) is 0 Å². The predicted octanol–water partition coefficient (Wildman–Crippen LogP) is -0.162. The van der Waals surface area contributed by atoms with Crippen LogP contribution in [0.1, 0.15) is 17.4 Å². The van der Waals surface area contributed by atoms with Crippen LogP contribution in [-0.4, -0.2) is 65.5 Å². The number of amides is 1. The first-order chi connectivity index (χ1) is 9.48. The van der Waals surface area contributed by atoms with Crippen LogP contribution in [0.4, 0.5) is 0 Å². The molecular formula is C14H23N3O3. The van der Waals surface area contributed by atoms with E-state index < -0.39 is 5.60 Å². The number of aryl methyl sites for hydroxylation is 1. The highest BCUT2D eigenvalue weighted by Gasteiger charge is 2.26. The summed E-state index contributed by atoms with van der Waals surface area (Å²) in [5, 5.41) is 13.2. The monoisotopic (exact) mass is 281 g/mol. The van der Waals surface area contributed by atoms with Gasteiger partial charge in [0.25, 0.3) is 5.91 Å². The fourth-order valence-electron chi connectivity index (χ4n) is 2.36. The minimum atomic E-state index is -0.946. The molecule has 20 heavy (non-hydrogen) atoms. The first-order valence-corrected chi connectivity index (χ1v) is 6.90. The van der Waals surface area contributed by atoms with Gasteiger partial charge in [0.1, 0.15) is 5.69 Å². The third-order valence-electron chi connectivity index (χ3n) is 3.47. The van der Waals surface area contributed by atoms with Crippen molar-refractivity contribution in [2.24, 2.45) is 7.05 Å². The molecule has 0 radical (unpaired) electrons. The topological polar surface area (TPSA) is 66.7 Å². The van der Waals surface area contributed by atoms with Crippen molar-refractivity contribution in [1.29, 1.82) is 0 Å². The van der Waals surface area contributed by atoms with Gasteiger partial charge in [-0.05, 0) is 19.1 Å². The zero-order chi connectivity index (χ0) is 14.6. The molecule has 1 saturated heterocycles. The third-order valence-corrected chi connectivity index (χ3v) is 3.47. The highest BCUT2D eigenvalue weighted by Crippen LogP contribution is 2.08. The molecule has 1 aliphatic rings. The highest BCUT2D eigenvalue weighted by atomic mass is 16.5. The molecule has 1 fully saturated rings. The van der Waals surface area contributed by atoms with Gasteiger partial charge in [-0.1, -0.05) is 0 Å². The number of nitrogens with zero attached hydrogens (tertiary/aromatic N) is 2. The van der Waals surface area contributed by atoms with Gasteiger partial charge in [-0.2, -0.15) is 0 Å². The number of hydrogen-bond donors (Lipinski definition) is 2. The Morgan fingerprint density at radius 1 is 1.50 bits per heavy atom. The predicted molar refractivity (Wildman–Crippen MR) is 75.6 cm³/mol. The van der Waals surface area contributed by atoms with Gasteiger partial charge in [-0.15, -0.1) is 0 Å². The van der Waals surface area contributed by atoms with Crippen molar-refractivity contribution in [3.8, 4) is 0 Å². The van der Waals surface area contributed by atoms with E-state index in [-0.39, 0.29) is 12.5 Å². The van der Waals surface area contributed by atoms with Gasteiger partial charge < -0.3 is 19.7 Å². The zero-order valence-corrected chi connectivity index (χ0v) is 12.1.